The lowest BCUT2D eigenvalue weighted by Crippen LogP contribution is -2.32. The summed E-state index contributed by atoms with van der Waals surface area (Å²) in [7, 11) is 0. The minimum atomic E-state index is -0.409. The number of carbonyl (C=O) groups is 2. The van der Waals surface area contributed by atoms with Crippen molar-refractivity contribution in [2.24, 2.45) is 0 Å². The van der Waals surface area contributed by atoms with Crippen molar-refractivity contribution in [3.8, 4) is 5.69 Å². The predicted molar refractivity (Wildman–Crippen MR) is 132 cm³/mol. The van der Waals surface area contributed by atoms with Gasteiger partial charge in [-0.05, 0) is 60.7 Å². The molecule has 0 radical (unpaired) electrons. The molecule has 0 unspecified atom stereocenters. The van der Waals surface area contributed by atoms with Gasteiger partial charge >= 0.3 is 0 Å². The Balaban J connectivity index is 1.38. The zero-order valence-electron chi connectivity index (χ0n) is 17.5. The highest BCUT2D eigenvalue weighted by Crippen LogP contribution is 2.31. The molecule has 3 aromatic carbocycles. The summed E-state index contributed by atoms with van der Waals surface area (Å²) in [6.45, 7) is 0.573. The number of anilines is 2. The van der Waals surface area contributed by atoms with E-state index in [-0.39, 0.29) is 21.5 Å². The Bertz CT molecular complexity index is 1340. The van der Waals surface area contributed by atoms with Crippen LogP contribution in [-0.2, 0) is 6.42 Å². The number of aromatic nitrogens is 1. The maximum atomic E-state index is 13.4. The van der Waals surface area contributed by atoms with Gasteiger partial charge in [0.1, 0.15) is 0 Å². The molecular formula is C26H19Cl2N3O2. The molecule has 0 saturated heterocycles. The molecule has 1 aliphatic heterocycles. The first-order chi connectivity index (χ1) is 16.0. The molecule has 0 fully saturated rings. The number of nitrogens with one attached hydrogen (secondary N) is 1. The molecule has 0 saturated carbocycles. The zero-order chi connectivity index (χ0) is 22.9. The van der Waals surface area contributed by atoms with Crippen LogP contribution in [0.15, 0.2) is 85.1 Å². The van der Waals surface area contributed by atoms with Crippen molar-refractivity contribution >= 4 is 46.4 Å². The monoisotopic (exact) mass is 475 g/mol. The van der Waals surface area contributed by atoms with Crippen LogP contribution in [0.5, 0.6) is 0 Å². The first kappa shape index (κ1) is 21.3. The van der Waals surface area contributed by atoms with Crippen LogP contribution in [-0.4, -0.2) is 22.9 Å². The molecule has 164 valence electrons. The molecule has 2 amide bonds. The summed E-state index contributed by atoms with van der Waals surface area (Å²) in [6.07, 6.45) is 2.77. The van der Waals surface area contributed by atoms with Gasteiger partial charge in [-0.3, -0.25) is 9.59 Å². The normalized spacial score (nSPS) is 12.5. The highest BCUT2D eigenvalue weighted by molar-refractivity contribution is 6.40. The fraction of sp³-hybridized carbons (Fsp3) is 0.0769. The zero-order valence-corrected chi connectivity index (χ0v) is 19.0. The van der Waals surface area contributed by atoms with Crippen LogP contribution in [0.1, 0.15) is 26.4 Å². The van der Waals surface area contributed by atoms with E-state index < -0.39 is 5.91 Å². The topological polar surface area (TPSA) is 54.3 Å². The number of hydrogen-bond donors (Lipinski definition) is 1. The van der Waals surface area contributed by atoms with Crippen LogP contribution in [0.2, 0.25) is 10.0 Å². The number of amides is 2. The highest BCUT2D eigenvalue weighted by Gasteiger charge is 2.24. The fourth-order valence-electron chi connectivity index (χ4n) is 4.07. The number of nitrogens with zero attached hydrogens (tertiary/aromatic N) is 2. The standard InChI is InChI=1S/C26H19Cl2N3O2/c27-20-6-3-7-21(28)24(20)25(32)29-18-12-10-17(11-13-18)26(33)31-16-14-19-5-4-15-30(19)22-8-1-2-9-23(22)31/h1-13,15H,14,16H2,(H,29,32). The smallest absolute Gasteiger partial charge is 0.258 e. The molecule has 1 aliphatic rings. The number of rotatable bonds is 3. The van der Waals surface area contributed by atoms with Crippen molar-refractivity contribution in [3.63, 3.8) is 0 Å². The molecule has 33 heavy (non-hydrogen) atoms. The molecule has 5 rings (SSSR count). The van der Waals surface area contributed by atoms with E-state index in [4.69, 9.17) is 23.2 Å². The number of para-hydroxylation sites is 2. The summed E-state index contributed by atoms with van der Waals surface area (Å²) in [6, 6.07) is 23.7. The second kappa shape index (κ2) is 8.77. The molecule has 5 nitrogen and oxygen atoms in total. The van der Waals surface area contributed by atoms with E-state index in [1.165, 1.54) is 0 Å². The van der Waals surface area contributed by atoms with Crippen molar-refractivity contribution in [3.05, 3.63) is 112 Å². The third kappa shape index (κ3) is 4.01. The van der Waals surface area contributed by atoms with Crippen molar-refractivity contribution in [1.82, 2.24) is 4.57 Å². The van der Waals surface area contributed by atoms with Crippen molar-refractivity contribution in [1.29, 1.82) is 0 Å². The van der Waals surface area contributed by atoms with Gasteiger partial charge in [-0.15, -0.1) is 0 Å². The predicted octanol–water partition coefficient (Wildman–Crippen LogP) is 6.24. The molecule has 2 heterocycles. The average molecular weight is 476 g/mol. The largest absolute Gasteiger partial charge is 0.322 e. The van der Waals surface area contributed by atoms with Crippen molar-refractivity contribution in [2.45, 2.75) is 6.42 Å². The fourth-order valence-corrected chi connectivity index (χ4v) is 4.64. The average Bonchev–Trinajstić information content (AvgIpc) is 3.22. The minimum Gasteiger partial charge on any atom is -0.322 e. The van der Waals surface area contributed by atoms with Crippen LogP contribution >= 0.6 is 23.2 Å². The quantitative estimate of drug-likeness (QED) is 0.381. The van der Waals surface area contributed by atoms with E-state index in [1.807, 2.05) is 36.5 Å². The van der Waals surface area contributed by atoms with E-state index in [1.54, 1.807) is 47.4 Å². The molecule has 1 aromatic heterocycles. The Morgan fingerprint density at radius 3 is 2.21 bits per heavy atom. The molecule has 7 heteroatoms. The third-order valence-corrected chi connectivity index (χ3v) is 6.31. The van der Waals surface area contributed by atoms with Gasteiger partial charge in [0.25, 0.3) is 11.8 Å². The Morgan fingerprint density at radius 1 is 0.788 bits per heavy atom. The Kier molecular flexibility index (Phi) is 5.67. The highest BCUT2D eigenvalue weighted by atomic mass is 35.5. The Morgan fingerprint density at radius 2 is 1.48 bits per heavy atom. The van der Waals surface area contributed by atoms with Gasteiger partial charge in [0, 0.05) is 36.1 Å². The van der Waals surface area contributed by atoms with Gasteiger partial charge < -0.3 is 14.8 Å². The summed E-state index contributed by atoms with van der Waals surface area (Å²) >= 11 is 12.3. The van der Waals surface area contributed by atoms with Gasteiger partial charge in [0.2, 0.25) is 0 Å². The van der Waals surface area contributed by atoms with Gasteiger partial charge in [-0.2, -0.15) is 0 Å². The molecule has 0 aliphatic carbocycles. The second-order valence-corrected chi connectivity index (χ2v) is 8.51. The van der Waals surface area contributed by atoms with Crippen LogP contribution in [0.3, 0.4) is 0 Å². The van der Waals surface area contributed by atoms with Crippen LogP contribution in [0.4, 0.5) is 11.4 Å². The van der Waals surface area contributed by atoms with Crippen LogP contribution in [0, 0.1) is 0 Å². The minimum absolute atomic E-state index is 0.0970. The van der Waals surface area contributed by atoms with Gasteiger partial charge in [-0.25, -0.2) is 0 Å². The number of benzene rings is 3. The number of carbonyl (C=O) groups excluding carboxylic acids is 2. The lowest BCUT2D eigenvalue weighted by Gasteiger charge is -2.23. The first-order valence-corrected chi connectivity index (χ1v) is 11.2. The number of hydrogen-bond acceptors (Lipinski definition) is 2. The molecule has 1 N–H and O–H groups in total. The van der Waals surface area contributed by atoms with Crippen molar-refractivity contribution in [2.75, 3.05) is 16.8 Å². The second-order valence-electron chi connectivity index (χ2n) is 7.69. The summed E-state index contributed by atoms with van der Waals surface area (Å²) in [5.74, 6) is -0.506. The molecule has 0 atom stereocenters. The molecular weight excluding hydrogens is 457 g/mol. The van der Waals surface area contributed by atoms with Gasteiger partial charge in [0.15, 0.2) is 0 Å². The van der Waals surface area contributed by atoms with Crippen LogP contribution < -0.4 is 10.2 Å². The van der Waals surface area contributed by atoms with Crippen molar-refractivity contribution < 1.29 is 9.59 Å². The van der Waals surface area contributed by atoms with E-state index in [9.17, 15) is 9.59 Å². The molecule has 4 aromatic rings. The summed E-state index contributed by atoms with van der Waals surface area (Å²) in [5.41, 5.74) is 4.29. The Labute approximate surface area is 201 Å². The van der Waals surface area contributed by atoms with E-state index >= 15 is 0 Å². The lowest BCUT2D eigenvalue weighted by molar-refractivity contribution is 0.0986. The van der Waals surface area contributed by atoms with E-state index in [0.29, 0.717) is 17.8 Å². The van der Waals surface area contributed by atoms with Crippen LogP contribution in [0.25, 0.3) is 5.69 Å². The molecule has 0 bridgehead atoms. The maximum Gasteiger partial charge on any atom is 0.258 e. The Hall–Kier alpha value is -3.54. The lowest BCUT2D eigenvalue weighted by atomic mass is 10.1. The molecule has 0 spiro atoms. The SMILES string of the molecule is O=C(Nc1ccc(C(=O)N2CCc3cccn3-c3ccccc32)cc1)c1c(Cl)cccc1Cl. The van der Waals surface area contributed by atoms with Gasteiger partial charge in [0.05, 0.1) is 27.0 Å². The summed E-state index contributed by atoms with van der Waals surface area (Å²) in [4.78, 5) is 27.9. The van der Waals surface area contributed by atoms with Gasteiger partial charge in [-0.1, -0.05) is 41.4 Å². The number of halogens is 2. The maximum absolute atomic E-state index is 13.4. The van der Waals surface area contributed by atoms with E-state index in [2.05, 4.69) is 16.0 Å². The first-order valence-electron chi connectivity index (χ1n) is 10.5. The summed E-state index contributed by atoms with van der Waals surface area (Å²) in [5, 5.41) is 3.33. The van der Waals surface area contributed by atoms with E-state index in [0.717, 1.165) is 23.5 Å². The summed E-state index contributed by atoms with van der Waals surface area (Å²) < 4.78 is 2.13. The third-order valence-electron chi connectivity index (χ3n) is 5.68. The number of fused-ring (bicyclic) bond motifs is 3.